The van der Waals surface area contributed by atoms with Gasteiger partial charge in [-0.2, -0.15) is 0 Å². The van der Waals surface area contributed by atoms with E-state index in [4.69, 9.17) is 0 Å². The lowest BCUT2D eigenvalue weighted by Crippen LogP contribution is -2.29. The molecule has 0 saturated heterocycles. The van der Waals surface area contributed by atoms with Crippen LogP contribution in [0.1, 0.15) is 38.7 Å². The van der Waals surface area contributed by atoms with Gasteiger partial charge in [0.2, 0.25) is 0 Å². The third-order valence-corrected chi connectivity index (χ3v) is 6.99. The molecule has 6 heteroatoms. The van der Waals surface area contributed by atoms with Crippen molar-refractivity contribution in [3.63, 3.8) is 0 Å². The summed E-state index contributed by atoms with van der Waals surface area (Å²) in [5.41, 5.74) is 4.63. The lowest BCUT2D eigenvalue weighted by molar-refractivity contribution is 0.0943. The topological polar surface area (TPSA) is 75.3 Å². The first-order valence-corrected chi connectivity index (χ1v) is 12.4. The second-order valence-electron chi connectivity index (χ2n) is 8.18. The Balaban J connectivity index is 1.57. The molecule has 4 aromatic rings. The number of benzene rings is 4. The summed E-state index contributed by atoms with van der Waals surface area (Å²) < 4.78 is 27.9. The summed E-state index contributed by atoms with van der Waals surface area (Å²) >= 11 is 0. The lowest BCUT2D eigenvalue weighted by Gasteiger charge is -2.20. The molecule has 0 aromatic heterocycles. The van der Waals surface area contributed by atoms with Crippen LogP contribution in [0.4, 0.5) is 5.69 Å². The third-order valence-electron chi connectivity index (χ3n) is 5.61. The lowest BCUT2D eigenvalue weighted by atomic mass is 9.97. The molecule has 0 fully saturated rings. The molecule has 0 bridgehead atoms. The number of carbonyl (C=O) groups is 1. The Morgan fingerprint density at radius 3 is 1.94 bits per heavy atom. The van der Waals surface area contributed by atoms with Gasteiger partial charge in [-0.1, -0.05) is 78.4 Å². The van der Waals surface area contributed by atoms with Crippen molar-refractivity contribution in [1.29, 1.82) is 0 Å². The number of hydrogen-bond donors (Lipinski definition) is 2. The van der Waals surface area contributed by atoms with E-state index in [1.807, 2.05) is 61.5 Å². The van der Waals surface area contributed by atoms with Gasteiger partial charge in [0.05, 0.1) is 16.6 Å². The minimum absolute atomic E-state index is 0.181. The average Bonchev–Trinajstić information content (AvgIpc) is 2.85. The number of sulfonamides is 1. The molecule has 2 N–H and O–H groups in total. The van der Waals surface area contributed by atoms with Gasteiger partial charge in [0.1, 0.15) is 0 Å². The first-order chi connectivity index (χ1) is 16.3. The number of carbonyl (C=O) groups excluding carboxylic acids is 1. The predicted molar refractivity (Wildman–Crippen MR) is 135 cm³/mol. The minimum atomic E-state index is -3.71. The van der Waals surface area contributed by atoms with E-state index in [-0.39, 0.29) is 16.8 Å². The Morgan fingerprint density at radius 2 is 1.32 bits per heavy atom. The molecule has 5 nitrogen and oxygen atoms in total. The van der Waals surface area contributed by atoms with Gasteiger partial charge in [-0.3, -0.25) is 9.52 Å². The van der Waals surface area contributed by atoms with E-state index < -0.39 is 10.0 Å². The standard InChI is InChI=1S/C28H26N2O3S/c1-20-13-15-23(16-14-20)27(22-9-5-3-6-10-22)29-28(31)24-17-18-26(21(2)19-24)30-34(32,33)25-11-7-4-8-12-25/h3-19,27,30H,1-2H3,(H,29,31)/t27-/m0/s1. The third kappa shape index (κ3) is 5.35. The fourth-order valence-electron chi connectivity index (χ4n) is 3.70. The SMILES string of the molecule is Cc1ccc([C@@H](NC(=O)c2ccc(NS(=O)(=O)c3ccccc3)c(C)c2)c2ccccc2)cc1. The Bertz CT molecular complexity index is 1390. The summed E-state index contributed by atoms with van der Waals surface area (Å²) in [4.78, 5) is 13.4. The predicted octanol–water partition coefficient (Wildman–Crippen LogP) is 5.62. The zero-order valence-electron chi connectivity index (χ0n) is 19.0. The quantitative estimate of drug-likeness (QED) is 0.368. The van der Waals surface area contributed by atoms with Gasteiger partial charge in [0, 0.05) is 5.56 Å². The van der Waals surface area contributed by atoms with Crippen molar-refractivity contribution >= 4 is 21.6 Å². The van der Waals surface area contributed by atoms with Crippen LogP contribution in [0.15, 0.2) is 108 Å². The summed E-state index contributed by atoms with van der Waals surface area (Å²) in [6.07, 6.45) is 0. The molecule has 0 heterocycles. The normalized spacial score (nSPS) is 12.1. The second-order valence-corrected chi connectivity index (χ2v) is 9.86. The van der Waals surface area contributed by atoms with Crippen LogP contribution in [0, 0.1) is 13.8 Å². The average molecular weight is 471 g/mol. The van der Waals surface area contributed by atoms with Crippen molar-refractivity contribution in [3.05, 3.63) is 131 Å². The van der Waals surface area contributed by atoms with Crippen LogP contribution in [-0.2, 0) is 10.0 Å². The number of aryl methyl sites for hydroxylation is 2. The molecular weight excluding hydrogens is 444 g/mol. The zero-order chi connectivity index (χ0) is 24.1. The Labute approximate surface area is 200 Å². The van der Waals surface area contributed by atoms with Gasteiger partial charge in [-0.05, 0) is 60.9 Å². The van der Waals surface area contributed by atoms with E-state index in [0.717, 1.165) is 16.7 Å². The molecule has 0 aliphatic carbocycles. The highest BCUT2D eigenvalue weighted by Crippen LogP contribution is 2.25. The van der Waals surface area contributed by atoms with E-state index in [9.17, 15) is 13.2 Å². The van der Waals surface area contributed by atoms with Crippen LogP contribution in [0.5, 0.6) is 0 Å². The number of rotatable bonds is 7. The summed E-state index contributed by atoms with van der Waals surface area (Å²) in [5.74, 6) is -0.241. The highest BCUT2D eigenvalue weighted by molar-refractivity contribution is 7.92. The first kappa shape index (κ1) is 23.3. The smallest absolute Gasteiger partial charge is 0.261 e. The van der Waals surface area contributed by atoms with Crippen LogP contribution in [0.3, 0.4) is 0 Å². The van der Waals surface area contributed by atoms with Crippen molar-refractivity contribution in [2.75, 3.05) is 4.72 Å². The number of nitrogens with one attached hydrogen (secondary N) is 2. The Hall–Kier alpha value is -3.90. The Kier molecular flexibility index (Phi) is 6.80. The maximum Gasteiger partial charge on any atom is 0.261 e. The molecule has 1 amide bonds. The van der Waals surface area contributed by atoms with Crippen molar-refractivity contribution < 1.29 is 13.2 Å². The monoisotopic (exact) mass is 470 g/mol. The largest absolute Gasteiger partial charge is 0.341 e. The molecule has 34 heavy (non-hydrogen) atoms. The van der Waals surface area contributed by atoms with Gasteiger partial charge in [0.15, 0.2) is 0 Å². The molecule has 0 aliphatic rings. The van der Waals surface area contributed by atoms with Gasteiger partial charge in [0.25, 0.3) is 15.9 Å². The highest BCUT2D eigenvalue weighted by atomic mass is 32.2. The van der Waals surface area contributed by atoms with Crippen LogP contribution < -0.4 is 10.0 Å². The molecule has 1 atom stereocenters. The number of hydrogen-bond acceptors (Lipinski definition) is 3. The summed E-state index contributed by atoms with van der Waals surface area (Å²) in [6.45, 7) is 3.80. The number of anilines is 1. The second kappa shape index (κ2) is 9.93. The van der Waals surface area contributed by atoms with Crippen molar-refractivity contribution in [2.45, 2.75) is 24.8 Å². The van der Waals surface area contributed by atoms with Crippen molar-refractivity contribution in [2.24, 2.45) is 0 Å². The van der Waals surface area contributed by atoms with Crippen molar-refractivity contribution in [3.8, 4) is 0 Å². The number of amides is 1. The molecule has 0 unspecified atom stereocenters. The minimum Gasteiger partial charge on any atom is -0.341 e. The summed E-state index contributed by atoms with van der Waals surface area (Å²) in [5, 5.41) is 3.13. The van der Waals surface area contributed by atoms with E-state index in [2.05, 4.69) is 10.0 Å². The molecule has 0 spiro atoms. The first-order valence-electron chi connectivity index (χ1n) is 10.9. The highest BCUT2D eigenvalue weighted by Gasteiger charge is 2.19. The van der Waals surface area contributed by atoms with Gasteiger partial charge >= 0.3 is 0 Å². The fraction of sp³-hybridized carbons (Fsp3) is 0.107. The van der Waals surface area contributed by atoms with E-state index in [0.29, 0.717) is 16.8 Å². The maximum absolute atomic E-state index is 13.2. The molecule has 172 valence electrons. The van der Waals surface area contributed by atoms with Crippen LogP contribution in [-0.4, -0.2) is 14.3 Å². The van der Waals surface area contributed by atoms with Gasteiger partial charge < -0.3 is 5.32 Å². The van der Waals surface area contributed by atoms with Crippen LogP contribution in [0.2, 0.25) is 0 Å². The van der Waals surface area contributed by atoms with Crippen molar-refractivity contribution in [1.82, 2.24) is 5.32 Å². The fourth-order valence-corrected chi connectivity index (χ4v) is 4.85. The van der Waals surface area contributed by atoms with Crippen LogP contribution >= 0.6 is 0 Å². The molecule has 0 saturated carbocycles. The van der Waals surface area contributed by atoms with Crippen LogP contribution in [0.25, 0.3) is 0 Å². The summed E-state index contributed by atoms with van der Waals surface area (Å²) in [7, 11) is -3.71. The van der Waals surface area contributed by atoms with E-state index in [1.165, 1.54) is 12.1 Å². The molecule has 0 radical (unpaired) electrons. The molecule has 0 aliphatic heterocycles. The van der Waals surface area contributed by atoms with E-state index in [1.54, 1.807) is 43.3 Å². The molecule has 4 rings (SSSR count). The maximum atomic E-state index is 13.2. The van der Waals surface area contributed by atoms with Gasteiger partial charge in [-0.15, -0.1) is 0 Å². The van der Waals surface area contributed by atoms with E-state index >= 15 is 0 Å². The molecule has 4 aromatic carbocycles. The zero-order valence-corrected chi connectivity index (χ0v) is 19.8. The molecular formula is C28H26N2O3S. The summed E-state index contributed by atoms with van der Waals surface area (Å²) in [6, 6.07) is 30.7. The van der Waals surface area contributed by atoms with Gasteiger partial charge in [-0.25, -0.2) is 8.42 Å². The Morgan fingerprint density at radius 1 is 0.735 bits per heavy atom.